The highest BCUT2D eigenvalue weighted by atomic mass is 35.5. The van der Waals surface area contributed by atoms with Gasteiger partial charge >= 0.3 is 0 Å². The van der Waals surface area contributed by atoms with E-state index in [0.717, 1.165) is 15.9 Å². The fraction of sp³-hybridized carbons (Fsp3) is 0.133. The SMILES string of the molecule is Cc1nn(C)c2sc(C(=O)Nc3ccc(Cl)c(C(N)=O)c3)cc12. The van der Waals surface area contributed by atoms with Crippen LogP contribution in [0.3, 0.4) is 0 Å². The number of fused-ring (bicyclic) bond motifs is 1. The normalized spacial score (nSPS) is 10.9. The number of amides is 2. The van der Waals surface area contributed by atoms with E-state index < -0.39 is 5.91 Å². The minimum Gasteiger partial charge on any atom is -0.366 e. The molecule has 0 radical (unpaired) electrons. The van der Waals surface area contributed by atoms with Crippen molar-refractivity contribution in [3.63, 3.8) is 0 Å². The number of hydrogen-bond acceptors (Lipinski definition) is 4. The Balaban J connectivity index is 1.90. The smallest absolute Gasteiger partial charge is 0.265 e. The molecule has 2 aromatic heterocycles. The van der Waals surface area contributed by atoms with Crippen molar-refractivity contribution in [1.82, 2.24) is 9.78 Å². The van der Waals surface area contributed by atoms with Crippen molar-refractivity contribution in [3.05, 3.63) is 45.4 Å². The van der Waals surface area contributed by atoms with Gasteiger partial charge in [0.15, 0.2) is 0 Å². The number of thiophene rings is 1. The van der Waals surface area contributed by atoms with Crippen molar-refractivity contribution < 1.29 is 9.59 Å². The molecular weight excluding hydrogens is 336 g/mol. The van der Waals surface area contributed by atoms with Crippen molar-refractivity contribution in [3.8, 4) is 0 Å². The number of anilines is 1. The zero-order valence-corrected chi connectivity index (χ0v) is 14.0. The molecule has 0 aliphatic carbocycles. The fourth-order valence-corrected chi connectivity index (χ4v) is 3.53. The summed E-state index contributed by atoms with van der Waals surface area (Å²) in [6.07, 6.45) is 0. The van der Waals surface area contributed by atoms with Gasteiger partial charge in [0, 0.05) is 18.1 Å². The number of aromatic nitrogens is 2. The predicted octanol–water partition coefficient (Wildman–Crippen LogP) is 2.95. The molecule has 0 unspecified atom stereocenters. The molecule has 8 heteroatoms. The molecule has 1 aromatic carbocycles. The van der Waals surface area contributed by atoms with E-state index in [1.165, 1.54) is 23.5 Å². The number of nitrogens with zero attached hydrogens (tertiary/aromatic N) is 2. The van der Waals surface area contributed by atoms with Gasteiger partial charge in [0.25, 0.3) is 5.91 Å². The maximum atomic E-state index is 12.4. The number of aryl methyl sites for hydroxylation is 2. The standard InChI is InChI=1S/C15H13ClN4O2S/c1-7-9-6-12(23-15(9)20(2)19-7)14(22)18-8-3-4-11(16)10(5-8)13(17)21/h3-6H,1-2H3,(H2,17,21)(H,18,22). The molecule has 3 N–H and O–H groups in total. The van der Waals surface area contributed by atoms with Gasteiger partial charge in [-0.1, -0.05) is 11.6 Å². The van der Waals surface area contributed by atoms with E-state index in [1.807, 2.05) is 20.0 Å². The minimum absolute atomic E-state index is 0.167. The lowest BCUT2D eigenvalue weighted by atomic mass is 10.2. The third-order valence-corrected chi connectivity index (χ3v) is 4.94. The Bertz CT molecular complexity index is 910. The van der Waals surface area contributed by atoms with Crippen molar-refractivity contribution in [2.45, 2.75) is 6.92 Å². The molecule has 0 spiro atoms. The molecule has 0 fully saturated rings. The third kappa shape index (κ3) is 2.80. The number of nitrogens with two attached hydrogens (primary N) is 1. The summed E-state index contributed by atoms with van der Waals surface area (Å²) in [6.45, 7) is 1.90. The van der Waals surface area contributed by atoms with Gasteiger partial charge in [0.05, 0.1) is 21.2 Å². The van der Waals surface area contributed by atoms with Crippen LogP contribution >= 0.6 is 22.9 Å². The highest BCUT2D eigenvalue weighted by Gasteiger charge is 2.16. The first-order chi connectivity index (χ1) is 10.9. The Morgan fingerprint density at radius 2 is 2.09 bits per heavy atom. The molecule has 2 amide bonds. The lowest BCUT2D eigenvalue weighted by Gasteiger charge is -2.06. The highest BCUT2D eigenvalue weighted by Crippen LogP contribution is 2.28. The highest BCUT2D eigenvalue weighted by molar-refractivity contribution is 7.20. The van der Waals surface area contributed by atoms with Crippen LogP contribution in [0.25, 0.3) is 10.2 Å². The van der Waals surface area contributed by atoms with Crippen molar-refractivity contribution in [2.24, 2.45) is 12.8 Å². The van der Waals surface area contributed by atoms with E-state index in [2.05, 4.69) is 10.4 Å². The summed E-state index contributed by atoms with van der Waals surface area (Å²) in [6, 6.07) is 6.41. The molecular formula is C15H13ClN4O2S. The second-order valence-corrected chi connectivity index (χ2v) is 6.49. The van der Waals surface area contributed by atoms with E-state index in [9.17, 15) is 9.59 Å². The first-order valence-electron chi connectivity index (χ1n) is 6.70. The first-order valence-corrected chi connectivity index (χ1v) is 7.90. The van der Waals surface area contributed by atoms with Crippen LogP contribution in [0.5, 0.6) is 0 Å². The van der Waals surface area contributed by atoms with Crippen LogP contribution in [-0.4, -0.2) is 21.6 Å². The fourth-order valence-electron chi connectivity index (χ4n) is 2.30. The number of carbonyl (C=O) groups excluding carboxylic acids is 2. The lowest BCUT2D eigenvalue weighted by Crippen LogP contribution is -2.14. The molecule has 23 heavy (non-hydrogen) atoms. The van der Waals surface area contributed by atoms with Gasteiger partial charge in [-0.15, -0.1) is 11.3 Å². The summed E-state index contributed by atoms with van der Waals surface area (Å²) in [7, 11) is 1.84. The lowest BCUT2D eigenvalue weighted by molar-refractivity contribution is 0.0996. The van der Waals surface area contributed by atoms with Crippen LogP contribution in [0.15, 0.2) is 24.3 Å². The predicted molar refractivity (Wildman–Crippen MR) is 91.3 cm³/mol. The molecule has 6 nitrogen and oxygen atoms in total. The van der Waals surface area contributed by atoms with Crippen LogP contribution in [-0.2, 0) is 7.05 Å². The number of primary amides is 1. The Kier molecular flexibility index (Phi) is 3.83. The Morgan fingerprint density at radius 1 is 1.35 bits per heavy atom. The number of hydrogen-bond donors (Lipinski definition) is 2. The summed E-state index contributed by atoms with van der Waals surface area (Å²) in [5.41, 5.74) is 6.75. The molecule has 3 aromatic rings. The maximum absolute atomic E-state index is 12.4. The molecule has 0 aliphatic heterocycles. The molecule has 0 saturated heterocycles. The van der Waals surface area contributed by atoms with E-state index in [1.54, 1.807) is 10.7 Å². The molecule has 0 bridgehead atoms. The Hall–Kier alpha value is -2.38. The van der Waals surface area contributed by atoms with Crippen molar-refractivity contribution in [1.29, 1.82) is 0 Å². The summed E-state index contributed by atoms with van der Waals surface area (Å²) < 4.78 is 1.75. The average molecular weight is 349 g/mol. The van der Waals surface area contributed by atoms with Gasteiger partial charge in [-0.25, -0.2) is 0 Å². The molecule has 0 aliphatic rings. The number of nitrogens with one attached hydrogen (secondary N) is 1. The van der Waals surface area contributed by atoms with Crippen LogP contribution in [0.1, 0.15) is 25.7 Å². The van der Waals surface area contributed by atoms with E-state index in [-0.39, 0.29) is 16.5 Å². The zero-order valence-electron chi connectivity index (χ0n) is 12.4. The zero-order chi connectivity index (χ0) is 16.7. The minimum atomic E-state index is -0.644. The van der Waals surface area contributed by atoms with Crippen LogP contribution < -0.4 is 11.1 Å². The quantitative estimate of drug-likeness (QED) is 0.762. The Morgan fingerprint density at radius 3 is 2.74 bits per heavy atom. The molecule has 0 atom stereocenters. The monoisotopic (exact) mass is 348 g/mol. The molecule has 3 rings (SSSR count). The van der Waals surface area contributed by atoms with Gasteiger partial charge in [-0.3, -0.25) is 14.3 Å². The van der Waals surface area contributed by atoms with E-state index in [4.69, 9.17) is 17.3 Å². The summed E-state index contributed by atoms with van der Waals surface area (Å²) in [5.74, 6) is -0.905. The van der Waals surface area contributed by atoms with E-state index >= 15 is 0 Å². The summed E-state index contributed by atoms with van der Waals surface area (Å²) in [4.78, 5) is 25.2. The van der Waals surface area contributed by atoms with Gasteiger partial charge in [-0.2, -0.15) is 5.10 Å². The number of benzene rings is 1. The molecule has 2 heterocycles. The van der Waals surface area contributed by atoms with Crippen LogP contribution in [0.2, 0.25) is 5.02 Å². The van der Waals surface area contributed by atoms with Gasteiger partial charge < -0.3 is 11.1 Å². The second kappa shape index (κ2) is 5.68. The first kappa shape index (κ1) is 15.5. The largest absolute Gasteiger partial charge is 0.366 e. The van der Waals surface area contributed by atoms with Gasteiger partial charge in [0.1, 0.15) is 4.83 Å². The van der Waals surface area contributed by atoms with Crippen molar-refractivity contribution >= 4 is 50.7 Å². The van der Waals surface area contributed by atoms with Crippen LogP contribution in [0.4, 0.5) is 5.69 Å². The Labute approximate surface area is 140 Å². The maximum Gasteiger partial charge on any atom is 0.265 e. The number of carbonyl (C=O) groups is 2. The molecule has 0 saturated carbocycles. The van der Waals surface area contributed by atoms with Gasteiger partial charge in [0.2, 0.25) is 5.91 Å². The topological polar surface area (TPSA) is 90.0 Å². The van der Waals surface area contributed by atoms with Gasteiger partial charge in [-0.05, 0) is 31.2 Å². The van der Waals surface area contributed by atoms with Crippen LogP contribution in [0, 0.1) is 6.92 Å². The van der Waals surface area contributed by atoms with E-state index in [0.29, 0.717) is 10.6 Å². The number of rotatable bonds is 3. The molecule has 118 valence electrons. The second-order valence-electron chi connectivity index (χ2n) is 5.05. The number of halogens is 1. The average Bonchev–Trinajstić information content (AvgIpc) is 3.03. The van der Waals surface area contributed by atoms with Crippen molar-refractivity contribution in [2.75, 3.05) is 5.32 Å². The third-order valence-electron chi connectivity index (χ3n) is 3.41. The summed E-state index contributed by atoms with van der Waals surface area (Å²) >= 11 is 7.25. The summed E-state index contributed by atoms with van der Waals surface area (Å²) in [5, 5.41) is 8.25.